The van der Waals surface area contributed by atoms with E-state index in [9.17, 15) is 4.39 Å². The van der Waals surface area contributed by atoms with Gasteiger partial charge < -0.3 is 5.32 Å². The van der Waals surface area contributed by atoms with Crippen LogP contribution >= 0.6 is 0 Å². The van der Waals surface area contributed by atoms with E-state index in [1.807, 2.05) is 12.1 Å². The molecule has 0 saturated heterocycles. The fraction of sp³-hybridized carbons (Fsp3) is 0.333. The van der Waals surface area contributed by atoms with Crippen molar-refractivity contribution < 1.29 is 4.39 Å². The fourth-order valence-electron chi connectivity index (χ4n) is 2.20. The molecule has 0 unspecified atom stereocenters. The molecule has 2 aromatic rings. The van der Waals surface area contributed by atoms with Gasteiger partial charge in [-0.2, -0.15) is 0 Å². The van der Waals surface area contributed by atoms with Crippen LogP contribution in [0.2, 0.25) is 0 Å². The Labute approximate surface area is 120 Å². The molecular weight excluding hydrogens is 249 g/mol. The molecule has 0 aromatic heterocycles. The van der Waals surface area contributed by atoms with Crippen molar-refractivity contribution in [2.75, 3.05) is 6.54 Å². The average Bonchev–Trinajstić information content (AvgIpc) is 2.49. The summed E-state index contributed by atoms with van der Waals surface area (Å²) in [5, 5.41) is 3.23. The molecule has 2 aromatic carbocycles. The first-order valence-electron chi connectivity index (χ1n) is 7.33. The molecule has 106 valence electrons. The molecule has 0 heterocycles. The Morgan fingerprint density at radius 3 is 2.25 bits per heavy atom. The zero-order valence-electron chi connectivity index (χ0n) is 12.2. The minimum absolute atomic E-state index is 0.134. The van der Waals surface area contributed by atoms with Gasteiger partial charge in [-0.25, -0.2) is 4.39 Å². The summed E-state index contributed by atoms with van der Waals surface area (Å²) in [6.07, 6.45) is 2.08. The molecule has 0 aliphatic carbocycles. The zero-order valence-corrected chi connectivity index (χ0v) is 12.2. The minimum atomic E-state index is -0.134. The summed E-state index contributed by atoms with van der Waals surface area (Å²) in [5.41, 5.74) is 4.03. The Hall–Kier alpha value is -1.67. The second-order valence-electron chi connectivity index (χ2n) is 5.03. The standard InChI is InChI=1S/C18H22FN/c1-3-11-20-13-17-10-9-16(12-18(17)19)15-7-5-14(4-2)6-8-15/h5-10,12,20H,3-4,11,13H2,1-2H3. The van der Waals surface area contributed by atoms with Gasteiger partial charge in [-0.15, -0.1) is 0 Å². The van der Waals surface area contributed by atoms with E-state index in [-0.39, 0.29) is 5.82 Å². The molecule has 0 amide bonds. The zero-order chi connectivity index (χ0) is 14.4. The molecule has 1 N–H and O–H groups in total. The molecule has 0 bridgehead atoms. The molecule has 0 saturated carbocycles. The van der Waals surface area contributed by atoms with Crippen molar-refractivity contribution >= 4 is 0 Å². The number of hydrogen-bond acceptors (Lipinski definition) is 1. The molecule has 2 heteroatoms. The Balaban J connectivity index is 2.14. The van der Waals surface area contributed by atoms with Crippen LogP contribution in [0.4, 0.5) is 4.39 Å². The normalized spacial score (nSPS) is 10.8. The van der Waals surface area contributed by atoms with Gasteiger partial charge in [-0.1, -0.05) is 50.2 Å². The van der Waals surface area contributed by atoms with E-state index in [0.717, 1.165) is 36.1 Å². The first-order valence-corrected chi connectivity index (χ1v) is 7.33. The predicted octanol–water partition coefficient (Wildman–Crippen LogP) is 4.55. The lowest BCUT2D eigenvalue weighted by Gasteiger charge is -2.08. The summed E-state index contributed by atoms with van der Waals surface area (Å²) in [7, 11) is 0. The fourth-order valence-corrected chi connectivity index (χ4v) is 2.20. The summed E-state index contributed by atoms with van der Waals surface area (Å²) in [5.74, 6) is -0.134. The van der Waals surface area contributed by atoms with Crippen LogP contribution < -0.4 is 5.32 Å². The summed E-state index contributed by atoms with van der Waals surface area (Å²) < 4.78 is 14.1. The van der Waals surface area contributed by atoms with Gasteiger partial charge in [0.05, 0.1) is 0 Å². The molecular formula is C18H22FN. The van der Waals surface area contributed by atoms with Crippen molar-refractivity contribution in [1.82, 2.24) is 5.32 Å². The Morgan fingerprint density at radius 1 is 0.950 bits per heavy atom. The van der Waals surface area contributed by atoms with E-state index in [4.69, 9.17) is 0 Å². The smallest absolute Gasteiger partial charge is 0.128 e. The number of halogens is 1. The highest BCUT2D eigenvalue weighted by Crippen LogP contribution is 2.22. The van der Waals surface area contributed by atoms with Crippen LogP contribution in [-0.4, -0.2) is 6.54 Å². The number of nitrogens with one attached hydrogen (secondary N) is 1. The van der Waals surface area contributed by atoms with Crippen molar-refractivity contribution in [3.8, 4) is 11.1 Å². The van der Waals surface area contributed by atoms with Gasteiger partial charge in [-0.05, 0) is 42.1 Å². The molecule has 0 spiro atoms. The highest BCUT2D eigenvalue weighted by atomic mass is 19.1. The topological polar surface area (TPSA) is 12.0 Å². The third-order valence-electron chi connectivity index (χ3n) is 3.49. The molecule has 1 nitrogen and oxygen atoms in total. The third-order valence-corrected chi connectivity index (χ3v) is 3.49. The van der Waals surface area contributed by atoms with Crippen LogP contribution in [0.3, 0.4) is 0 Å². The molecule has 0 aliphatic rings. The van der Waals surface area contributed by atoms with Crippen LogP contribution in [0.25, 0.3) is 11.1 Å². The van der Waals surface area contributed by atoms with E-state index < -0.39 is 0 Å². The second-order valence-corrected chi connectivity index (χ2v) is 5.03. The number of rotatable bonds is 6. The van der Waals surface area contributed by atoms with Crippen molar-refractivity contribution in [3.05, 3.63) is 59.4 Å². The van der Waals surface area contributed by atoms with Gasteiger partial charge in [0.15, 0.2) is 0 Å². The maximum atomic E-state index is 14.1. The van der Waals surface area contributed by atoms with E-state index in [0.29, 0.717) is 6.54 Å². The van der Waals surface area contributed by atoms with Crippen molar-refractivity contribution in [3.63, 3.8) is 0 Å². The lowest BCUT2D eigenvalue weighted by molar-refractivity contribution is 0.587. The monoisotopic (exact) mass is 271 g/mol. The molecule has 0 fully saturated rings. The first-order chi connectivity index (χ1) is 9.74. The summed E-state index contributed by atoms with van der Waals surface area (Å²) in [6.45, 7) is 5.74. The molecule has 20 heavy (non-hydrogen) atoms. The van der Waals surface area contributed by atoms with E-state index in [1.54, 1.807) is 6.07 Å². The maximum absolute atomic E-state index is 14.1. The van der Waals surface area contributed by atoms with E-state index >= 15 is 0 Å². The number of benzene rings is 2. The Morgan fingerprint density at radius 2 is 1.65 bits per heavy atom. The van der Waals surface area contributed by atoms with Crippen LogP contribution in [0.15, 0.2) is 42.5 Å². The lowest BCUT2D eigenvalue weighted by Crippen LogP contribution is -2.14. The van der Waals surface area contributed by atoms with Crippen LogP contribution in [0, 0.1) is 5.82 Å². The van der Waals surface area contributed by atoms with Crippen molar-refractivity contribution in [2.45, 2.75) is 33.2 Å². The predicted molar refractivity (Wildman–Crippen MR) is 83.2 cm³/mol. The van der Waals surface area contributed by atoms with Crippen molar-refractivity contribution in [1.29, 1.82) is 0 Å². The quantitative estimate of drug-likeness (QED) is 0.760. The molecule has 0 radical (unpaired) electrons. The minimum Gasteiger partial charge on any atom is -0.313 e. The van der Waals surface area contributed by atoms with Crippen LogP contribution in [0.1, 0.15) is 31.4 Å². The third kappa shape index (κ3) is 3.67. The highest BCUT2D eigenvalue weighted by Gasteiger charge is 2.05. The second kappa shape index (κ2) is 7.20. The largest absolute Gasteiger partial charge is 0.313 e. The van der Waals surface area contributed by atoms with Gasteiger partial charge in [0.2, 0.25) is 0 Å². The molecule has 0 aliphatic heterocycles. The van der Waals surface area contributed by atoms with Gasteiger partial charge in [0, 0.05) is 12.1 Å². The maximum Gasteiger partial charge on any atom is 0.128 e. The first kappa shape index (κ1) is 14.7. The molecule has 0 atom stereocenters. The van der Waals surface area contributed by atoms with Crippen LogP contribution in [0.5, 0.6) is 0 Å². The van der Waals surface area contributed by atoms with E-state index in [2.05, 4.69) is 43.4 Å². The van der Waals surface area contributed by atoms with Crippen LogP contribution in [-0.2, 0) is 13.0 Å². The summed E-state index contributed by atoms with van der Waals surface area (Å²) in [4.78, 5) is 0. The van der Waals surface area contributed by atoms with Gasteiger partial charge in [0.25, 0.3) is 0 Å². The summed E-state index contributed by atoms with van der Waals surface area (Å²) in [6, 6.07) is 13.8. The summed E-state index contributed by atoms with van der Waals surface area (Å²) >= 11 is 0. The van der Waals surface area contributed by atoms with Crippen molar-refractivity contribution in [2.24, 2.45) is 0 Å². The SMILES string of the molecule is CCCNCc1ccc(-c2ccc(CC)cc2)cc1F. The average molecular weight is 271 g/mol. The van der Waals surface area contributed by atoms with Gasteiger partial charge >= 0.3 is 0 Å². The number of hydrogen-bond donors (Lipinski definition) is 1. The number of aryl methyl sites for hydroxylation is 1. The highest BCUT2D eigenvalue weighted by molar-refractivity contribution is 5.64. The lowest BCUT2D eigenvalue weighted by atomic mass is 10.0. The van der Waals surface area contributed by atoms with Gasteiger partial charge in [-0.3, -0.25) is 0 Å². The van der Waals surface area contributed by atoms with E-state index in [1.165, 1.54) is 5.56 Å². The van der Waals surface area contributed by atoms with Gasteiger partial charge in [0.1, 0.15) is 5.82 Å². The Bertz CT molecular complexity index is 546. The molecule has 2 rings (SSSR count). The Kier molecular flexibility index (Phi) is 5.31.